The molecule has 1 atom stereocenters. The molecule has 1 saturated carbocycles. The van der Waals surface area contributed by atoms with Crippen LogP contribution in [0.1, 0.15) is 62.8 Å². The lowest BCUT2D eigenvalue weighted by molar-refractivity contribution is -0.131. The molecule has 2 fully saturated rings. The molecule has 3 rings (SSSR count). The first-order valence-corrected chi connectivity index (χ1v) is 9.52. The fourth-order valence-corrected chi connectivity index (χ4v) is 4.20. The number of hydrogen-bond donors (Lipinski definition) is 0. The van der Waals surface area contributed by atoms with Crippen LogP contribution in [0.4, 0.5) is 0 Å². The predicted octanol–water partition coefficient (Wildman–Crippen LogP) is 3.38. The quantitative estimate of drug-likeness (QED) is 0.829. The van der Waals surface area contributed by atoms with Gasteiger partial charge >= 0.3 is 0 Å². The molecule has 2 heterocycles. The zero-order valence-corrected chi connectivity index (χ0v) is 15.2. The number of amides is 1. The van der Waals surface area contributed by atoms with Crippen molar-refractivity contribution in [3.63, 3.8) is 0 Å². The molecule has 24 heavy (non-hydrogen) atoms. The number of nitrogens with zero attached hydrogens (tertiary/aromatic N) is 3. The summed E-state index contributed by atoms with van der Waals surface area (Å²) in [6.45, 7) is 4.60. The van der Waals surface area contributed by atoms with Crippen molar-refractivity contribution >= 4 is 5.91 Å². The Kier molecular flexibility index (Phi) is 5.93. The van der Waals surface area contributed by atoms with E-state index in [4.69, 9.17) is 4.52 Å². The van der Waals surface area contributed by atoms with E-state index in [1.165, 1.54) is 32.1 Å². The first kappa shape index (κ1) is 17.5. The van der Waals surface area contributed by atoms with E-state index in [0.717, 1.165) is 49.8 Å². The van der Waals surface area contributed by atoms with Crippen LogP contribution in [0, 0.1) is 12.8 Å². The summed E-state index contributed by atoms with van der Waals surface area (Å²) >= 11 is 0. The van der Waals surface area contributed by atoms with Gasteiger partial charge in [-0.15, -0.1) is 0 Å². The van der Waals surface area contributed by atoms with Gasteiger partial charge in [-0.3, -0.25) is 9.69 Å². The first-order chi connectivity index (χ1) is 11.6. The zero-order chi connectivity index (χ0) is 16.9. The Morgan fingerprint density at radius 2 is 2.04 bits per heavy atom. The summed E-state index contributed by atoms with van der Waals surface area (Å²) in [7, 11) is 2.13. The molecule has 0 radical (unpaired) electrons. The lowest BCUT2D eigenvalue weighted by Crippen LogP contribution is -2.36. The van der Waals surface area contributed by atoms with Crippen molar-refractivity contribution in [3.05, 3.63) is 17.5 Å². The Morgan fingerprint density at radius 3 is 2.75 bits per heavy atom. The Morgan fingerprint density at radius 1 is 1.25 bits per heavy atom. The van der Waals surface area contributed by atoms with Crippen molar-refractivity contribution in [2.24, 2.45) is 5.92 Å². The molecule has 1 unspecified atom stereocenters. The summed E-state index contributed by atoms with van der Waals surface area (Å²) in [6, 6.07) is 2.43. The molecule has 5 nitrogen and oxygen atoms in total. The van der Waals surface area contributed by atoms with E-state index in [1.54, 1.807) is 0 Å². The van der Waals surface area contributed by atoms with Gasteiger partial charge in [0.25, 0.3) is 0 Å². The number of likely N-dealkylation sites (tertiary alicyclic amines) is 1. The highest BCUT2D eigenvalue weighted by molar-refractivity contribution is 5.76. The van der Waals surface area contributed by atoms with Gasteiger partial charge in [-0.25, -0.2) is 0 Å². The molecular weight excluding hydrogens is 302 g/mol. The van der Waals surface area contributed by atoms with Gasteiger partial charge in [0.05, 0.1) is 12.2 Å². The molecule has 0 bridgehead atoms. The van der Waals surface area contributed by atoms with Crippen molar-refractivity contribution in [1.82, 2.24) is 15.0 Å². The maximum atomic E-state index is 12.5. The molecule has 1 saturated heterocycles. The van der Waals surface area contributed by atoms with Crippen LogP contribution in [0.15, 0.2) is 10.6 Å². The van der Waals surface area contributed by atoms with Gasteiger partial charge in [0, 0.05) is 31.6 Å². The normalized spacial score (nSPS) is 23.7. The van der Waals surface area contributed by atoms with E-state index in [1.807, 2.05) is 13.0 Å². The molecule has 5 heteroatoms. The van der Waals surface area contributed by atoms with Gasteiger partial charge in [0.1, 0.15) is 0 Å². The third-order valence-electron chi connectivity index (χ3n) is 5.69. The summed E-state index contributed by atoms with van der Waals surface area (Å²) in [5.41, 5.74) is 0.924. The Labute approximate surface area is 145 Å². The number of carbonyl (C=O) groups excluding carboxylic acids is 1. The second-order valence-electron chi connectivity index (χ2n) is 7.67. The summed E-state index contributed by atoms with van der Waals surface area (Å²) in [6.07, 6.45) is 9.35. The topological polar surface area (TPSA) is 49.6 Å². The Bertz CT molecular complexity index is 536. The maximum Gasteiger partial charge on any atom is 0.222 e. The number of rotatable bonds is 5. The summed E-state index contributed by atoms with van der Waals surface area (Å²) in [5, 5.41) is 3.96. The Hall–Kier alpha value is -1.36. The number of aromatic nitrogens is 1. The highest BCUT2D eigenvalue weighted by atomic mass is 16.5. The molecular formula is C19H31N3O2. The lowest BCUT2D eigenvalue weighted by Gasteiger charge is -2.29. The molecule has 0 spiro atoms. The lowest BCUT2D eigenvalue weighted by atomic mass is 9.89. The number of hydrogen-bond acceptors (Lipinski definition) is 4. The summed E-state index contributed by atoms with van der Waals surface area (Å²) in [4.78, 5) is 17.0. The van der Waals surface area contributed by atoms with Crippen LogP contribution < -0.4 is 0 Å². The molecule has 134 valence electrons. The average Bonchev–Trinajstić information content (AvgIpc) is 2.89. The SMILES string of the molecule is Cc1cc(CN(C)C2CCC(=O)N(CC3CCCCC3)CC2)on1. The van der Waals surface area contributed by atoms with Crippen LogP contribution in [0.25, 0.3) is 0 Å². The van der Waals surface area contributed by atoms with Crippen molar-refractivity contribution in [2.75, 3.05) is 20.1 Å². The second kappa shape index (κ2) is 8.15. The van der Waals surface area contributed by atoms with Gasteiger partial charge in [0.2, 0.25) is 5.91 Å². The smallest absolute Gasteiger partial charge is 0.222 e. The van der Waals surface area contributed by atoms with Gasteiger partial charge in [-0.2, -0.15) is 0 Å². The van der Waals surface area contributed by atoms with Gasteiger partial charge in [-0.05, 0) is 45.6 Å². The molecule has 1 aromatic heterocycles. The maximum absolute atomic E-state index is 12.5. The summed E-state index contributed by atoms with van der Waals surface area (Å²) < 4.78 is 5.33. The standard InChI is InChI=1S/C19H31N3O2/c1-15-12-18(24-20-15)14-21(2)17-8-9-19(23)22(11-10-17)13-16-6-4-3-5-7-16/h12,16-17H,3-11,13-14H2,1-2H3. The molecule has 1 aromatic rings. The Balaban J connectivity index is 1.52. The van der Waals surface area contributed by atoms with Crippen molar-refractivity contribution in [1.29, 1.82) is 0 Å². The van der Waals surface area contributed by atoms with Crippen molar-refractivity contribution < 1.29 is 9.32 Å². The van der Waals surface area contributed by atoms with E-state index in [0.29, 0.717) is 18.4 Å². The largest absolute Gasteiger partial charge is 0.360 e. The minimum atomic E-state index is 0.354. The van der Waals surface area contributed by atoms with Crippen molar-refractivity contribution in [2.45, 2.75) is 70.9 Å². The fraction of sp³-hybridized carbons (Fsp3) is 0.789. The third kappa shape index (κ3) is 4.59. The molecule has 1 amide bonds. The molecule has 1 aliphatic carbocycles. The van der Waals surface area contributed by atoms with Crippen LogP contribution in [-0.4, -0.2) is 47.0 Å². The first-order valence-electron chi connectivity index (χ1n) is 9.52. The minimum absolute atomic E-state index is 0.354. The van der Waals surface area contributed by atoms with E-state index >= 15 is 0 Å². The highest BCUT2D eigenvalue weighted by Gasteiger charge is 2.27. The van der Waals surface area contributed by atoms with Gasteiger partial charge < -0.3 is 9.42 Å². The van der Waals surface area contributed by atoms with Crippen molar-refractivity contribution in [3.8, 4) is 0 Å². The van der Waals surface area contributed by atoms with Crippen LogP contribution in [-0.2, 0) is 11.3 Å². The van der Waals surface area contributed by atoms with Crippen LogP contribution in [0.3, 0.4) is 0 Å². The van der Waals surface area contributed by atoms with E-state index in [9.17, 15) is 4.79 Å². The highest BCUT2D eigenvalue weighted by Crippen LogP contribution is 2.26. The minimum Gasteiger partial charge on any atom is -0.360 e. The number of aryl methyl sites for hydroxylation is 1. The van der Waals surface area contributed by atoms with Crippen LogP contribution in [0.2, 0.25) is 0 Å². The van der Waals surface area contributed by atoms with Gasteiger partial charge in [0.15, 0.2) is 5.76 Å². The molecule has 2 aliphatic rings. The third-order valence-corrected chi connectivity index (χ3v) is 5.69. The number of carbonyl (C=O) groups is 1. The van der Waals surface area contributed by atoms with Gasteiger partial charge in [-0.1, -0.05) is 24.4 Å². The van der Waals surface area contributed by atoms with Crippen LogP contribution >= 0.6 is 0 Å². The van der Waals surface area contributed by atoms with Crippen LogP contribution in [0.5, 0.6) is 0 Å². The monoisotopic (exact) mass is 333 g/mol. The van der Waals surface area contributed by atoms with E-state index < -0.39 is 0 Å². The molecule has 0 N–H and O–H groups in total. The molecule has 1 aliphatic heterocycles. The fourth-order valence-electron chi connectivity index (χ4n) is 4.20. The predicted molar refractivity (Wildman–Crippen MR) is 93.5 cm³/mol. The summed E-state index contributed by atoms with van der Waals surface area (Å²) in [5.74, 6) is 1.99. The zero-order valence-electron chi connectivity index (χ0n) is 15.2. The van der Waals surface area contributed by atoms with E-state index in [2.05, 4.69) is 22.0 Å². The molecule has 0 aromatic carbocycles. The average molecular weight is 333 g/mol. The second-order valence-corrected chi connectivity index (χ2v) is 7.67. The van der Waals surface area contributed by atoms with E-state index in [-0.39, 0.29) is 0 Å².